The molecule has 1 N–H and O–H groups in total. The summed E-state index contributed by atoms with van der Waals surface area (Å²) in [6.07, 6.45) is 0.964. The minimum absolute atomic E-state index is 0.742. The summed E-state index contributed by atoms with van der Waals surface area (Å²) in [6.45, 7) is 4.79. The van der Waals surface area contributed by atoms with Crippen LogP contribution in [-0.4, -0.2) is 26.4 Å². The van der Waals surface area contributed by atoms with Gasteiger partial charge in [-0.05, 0) is 43.3 Å². The molecule has 0 amide bonds. The molecule has 24 heavy (non-hydrogen) atoms. The molecule has 4 nitrogen and oxygen atoms in total. The van der Waals surface area contributed by atoms with E-state index in [2.05, 4.69) is 27.0 Å². The molecule has 0 saturated carbocycles. The van der Waals surface area contributed by atoms with Gasteiger partial charge in [-0.25, -0.2) is 4.98 Å². The number of H-pyrrole nitrogens is 1. The minimum Gasteiger partial charge on any atom is -0.341 e. The van der Waals surface area contributed by atoms with Crippen molar-refractivity contribution in [2.45, 2.75) is 26.4 Å². The number of aryl methyl sites for hydroxylation is 1. The first kappa shape index (κ1) is 15.4. The van der Waals surface area contributed by atoms with E-state index in [1.54, 1.807) is 0 Å². The number of hydrogen-bond acceptors (Lipinski definition) is 3. The van der Waals surface area contributed by atoms with Gasteiger partial charge in [0, 0.05) is 42.3 Å². The molecule has 1 aromatic carbocycles. The molecule has 1 aliphatic rings. The van der Waals surface area contributed by atoms with E-state index in [1.807, 2.05) is 37.3 Å². The smallest absolute Gasteiger partial charge is 0.137 e. The maximum Gasteiger partial charge on any atom is 0.137 e. The van der Waals surface area contributed by atoms with Gasteiger partial charge < -0.3 is 4.98 Å². The van der Waals surface area contributed by atoms with Crippen molar-refractivity contribution >= 4 is 11.6 Å². The van der Waals surface area contributed by atoms with Crippen LogP contribution in [-0.2, 0) is 19.5 Å². The van der Waals surface area contributed by atoms with E-state index >= 15 is 0 Å². The zero-order valence-electron chi connectivity index (χ0n) is 13.6. The van der Waals surface area contributed by atoms with Crippen molar-refractivity contribution in [2.75, 3.05) is 6.54 Å². The monoisotopic (exact) mass is 338 g/mol. The van der Waals surface area contributed by atoms with E-state index in [-0.39, 0.29) is 0 Å². The molecule has 3 heterocycles. The van der Waals surface area contributed by atoms with Crippen LogP contribution in [0.3, 0.4) is 0 Å². The molecule has 0 spiro atoms. The first-order chi connectivity index (χ1) is 11.7. The Morgan fingerprint density at radius 2 is 1.96 bits per heavy atom. The van der Waals surface area contributed by atoms with Crippen LogP contribution in [0, 0.1) is 6.92 Å². The van der Waals surface area contributed by atoms with Crippen molar-refractivity contribution in [3.05, 3.63) is 70.3 Å². The highest BCUT2D eigenvalue weighted by molar-refractivity contribution is 6.30. The summed E-state index contributed by atoms with van der Waals surface area (Å²) in [5.74, 6) is 0.923. The highest BCUT2D eigenvalue weighted by Crippen LogP contribution is 2.24. The number of benzene rings is 1. The lowest BCUT2D eigenvalue weighted by molar-refractivity contribution is 0.238. The Kier molecular flexibility index (Phi) is 4.08. The molecule has 1 aliphatic heterocycles. The van der Waals surface area contributed by atoms with Gasteiger partial charge in [-0.1, -0.05) is 17.7 Å². The minimum atomic E-state index is 0.742. The molecular formula is C19H19ClN4. The molecule has 4 rings (SSSR count). The average Bonchev–Trinajstić information content (AvgIpc) is 2.99. The molecule has 0 unspecified atom stereocenters. The van der Waals surface area contributed by atoms with Gasteiger partial charge in [0.1, 0.15) is 5.82 Å². The number of halogens is 1. The predicted molar refractivity (Wildman–Crippen MR) is 95.8 cm³/mol. The quantitative estimate of drug-likeness (QED) is 0.785. The van der Waals surface area contributed by atoms with Gasteiger partial charge in [0.15, 0.2) is 0 Å². The second-order valence-corrected chi connectivity index (χ2v) is 6.68. The van der Waals surface area contributed by atoms with E-state index in [9.17, 15) is 0 Å². The van der Waals surface area contributed by atoms with Crippen LogP contribution >= 0.6 is 11.6 Å². The number of nitrogens with zero attached hydrogens (tertiary/aromatic N) is 3. The normalized spacial score (nSPS) is 14.6. The van der Waals surface area contributed by atoms with Crippen LogP contribution in [0.2, 0.25) is 5.02 Å². The van der Waals surface area contributed by atoms with Crippen molar-refractivity contribution in [2.24, 2.45) is 0 Å². The number of rotatable bonds is 3. The van der Waals surface area contributed by atoms with Gasteiger partial charge >= 0.3 is 0 Å². The van der Waals surface area contributed by atoms with Gasteiger partial charge in [-0.15, -0.1) is 0 Å². The second-order valence-electron chi connectivity index (χ2n) is 6.25. The van der Waals surface area contributed by atoms with E-state index in [1.165, 1.54) is 11.4 Å². The van der Waals surface area contributed by atoms with Crippen molar-refractivity contribution < 1.29 is 0 Å². The molecular weight excluding hydrogens is 320 g/mol. The first-order valence-corrected chi connectivity index (χ1v) is 8.54. The number of hydrogen-bond donors (Lipinski definition) is 1. The van der Waals surface area contributed by atoms with Gasteiger partial charge in [0.25, 0.3) is 0 Å². The van der Waals surface area contributed by atoms with Crippen molar-refractivity contribution in [1.29, 1.82) is 0 Å². The summed E-state index contributed by atoms with van der Waals surface area (Å²) in [5, 5.41) is 0.742. The van der Waals surface area contributed by atoms with E-state index in [0.29, 0.717) is 0 Å². The Bertz CT molecular complexity index is 854. The van der Waals surface area contributed by atoms with Crippen LogP contribution in [0.1, 0.15) is 22.8 Å². The fourth-order valence-electron chi connectivity index (χ4n) is 3.15. The Balaban J connectivity index is 1.52. The number of aromatic nitrogens is 3. The Hall–Kier alpha value is -2.17. The summed E-state index contributed by atoms with van der Waals surface area (Å²) in [5.41, 5.74) is 5.64. The maximum absolute atomic E-state index is 5.96. The fraction of sp³-hybridized carbons (Fsp3) is 0.263. The molecule has 0 radical (unpaired) electrons. The Morgan fingerprint density at radius 3 is 2.75 bits per heavy atom. The standard InChI is InChI=1S/C19H19ClN4/c1-13-3-2-4-16(21-13)11-24-10-9-17-18(12-24)23-19(22-17)14-5-7-15(20)8-6-14/h2-8H,9-12H2,1H3,(H,22,23). The zero-order chi connectivity index (χ0) is 16.5. The fourth-order valence-corrected chi connectivity index (χ4v) is 3.27. The van der Waals surface area contributed by atoms with Gasteiger partial charge in [0.05, 0.1) is 17.1 Å². The zero-order valence-corrected chi connectivity index (χ0v) is 14.3. The van der Waals surface area contributed by atoms with E-state index in [0.717, 1.165) is 53.9 Å². The van der Waals surface area contributed by atoms with Gasteiger partial charge in [-0.2, -0.15) is 0 Å². The highest BCUT2D eigenvalue weighted by atomic mass is 35.5. The lowest BCUT2D eigenvalue weighted by Gasteiger charge is -2.25. The third-order valence-corrected chi connectivity index (χ3v) is 4.61. The largest absolute Gasteiger partial charge is 0.341 e. The molecule has 5 heteroatoms. The molecule has 0 aliphatic carbocycles. The lowest BCUT2D eigenvalue weighted by atomic mass is 10.1. The van der Waals surface area contributed by atoms with Crippen LogP contribution in [0.5, 0.6) is 0 Å². The summed E-state index contributed by atoms with van der Waals surface area (Å²) < 4.78 is 0. The Morgan fingerprint density at radius 1 is 1.12 bits per heavy atom. The first-order valence-electron chi connectivity index (χ1n) is 8.16. The van der Waals surface area contributed by atoms with Crippen molar-refractivity contribution in [3.63, 3.8) is 0 Å². The molecule has 0 bridgehead atoms. The third kappa shape index (κ3) is 3.21. The average molecular weight is 339 g/mol. The SMILES string of the molecule is Cc1cccc(CN2CCc3nc(-c4ccc(Cl)cc4)[nH]c3C2)n1. The number of aromatic amines is 1. The number of pyridine rings is 1. The van der Waals surface area contributed by atoms with Crippen LogP contribution in [0.15, 0.2) is 42.5 Å². The van der Waals surface area contributed by atoms with Crippen LogP contribution < -0.4 is 0 Å². The summed E-state index contributed by atoms with van der Waals surface area (Å²) in [4.78, 5) is 15.3. The topological polar surface area (TPSA) is 44.8 Å². The summed E-state index contributed by atoms with van der Waals surface area (Å²) in [6, 6.07) is 14.0. The molecule has 3 aromatic rings. The van der Waals surface area contributed by atoms with Crippen LogP contribution in [0.4, 0.5) is 0 Å². The van der Waals surface area contributed by atoms with Crippen molar-refractivity contribution in [3.8, 4) is 11.4 Å². The van der Waals surface area contributed by atoms with E-state index < -0.39 is 0 Å². The van der Waals surface area contributed by atoms with E-state index in [4.69, 9.17) is 16.6 Å². The van der Waals surface area contributed by atoms with Gasteiger partial charge in [-0.3, -0.25) is 9.88 Å². The molecule has 0 atom stereocenters. The summed E-state index contributed by atoms with van der Waals surface area (Å²) in [7, 11) is 0. The predicted octanol–water partition coefficient (Wildman–Crippen LogP) is 3.99. The van der Waals surface area contributed by atoms with Crippen molar-refractivity contribution in [1.82, 2.24) is 19.9 Å². The van der Waals surface area contributed by atoms with Crippen LogP contribution in [0.25, 0.3) is 11.4 Å². The Labute approximate surface area is 146 Å². The number of fused-ring (bicyclic) bond motifs is 1. The summed E-state index contributed by atoms with van der Waals surface area (Å²) >= 11 is 5.96. The molecule has 122 valence electrons. The van der Waals surface area contributed by atoms with Gasteiger partial charge in [0.2, 0.25) is 0 Å². The molecule has 0 fully saturated rings. The number of nitrogens with one attached hydrogen (secondary N) is 1. The molecule has 2 aromatic heterocycles. The number of imidazole rings is 1. The maximum atomic E-state index is 5.96. The molecule has 0 saturated heterocycles. The highest BCUT2D eigenvalue weighted by Gasteiger charge is 2.21. The lowest BCUT2D eigenvalue weighted by Crippen LogP contribution is -2.30. The third-order valence-electron chi connectivity index (χ3n) is 4.36. The second kappa shape index (κ2) is 6.38.